The van der Waals surface area contributed by atoms with Crippen LogP contribution in [0.1, 0.15) is 39.4 Å². The van der Waals surface area contributed by atoms with Gasteiger partial charge in [0.2, 0.25) is 0 Å². The van der Waals surface area contributed by atoms with Crippen molar-refractivity contribution in [3.8, 4) is 0 Å². The van der Waals surface area contributed by atoms with E-state index in [0.29, 0.717) is 12.0 Å². The molecule has 2 rings (SSSR count). The van der Waals surface area contributed by atoms with E-state index in [2.05, 4.69) is 35.4 Å². The van der Waals surface area contributed by atoms with Crippen molar-refractivity contribution in [1.82, 2.24) is 14.7 Å². The Kier molecular flexibility index (Phi) is 5.22. The SMILES string of the molecule is CCc1nsc(SCC(CO)(NC(C)C)C2CC2)n1. The van der Waals surface area contributed by atoms with Crippen LogP contribution in [0.3, 0.4) is 0 Å². The van der Waals surface area contributed by atoms with Crippen molar-refractivity contribution in [2.45, 2.75) is 56.0 Å². The lowest BCUT2D eigenvalue weighted by Gasteiger charge is -2.35. The number of aliphatic hydroxyl groups excluding tert-OH is 1. The van der Waals surface area contributed by atoms with Crippen molar-refractivity contribution >= 4 is 23.3 Å². The maximum atomic E-state index is 9.86. The van der Waals surface area contributed by atoms with Crippen LogP contribution in [0, 0.1) is 5.92 Å². The van der Waals surface area contributed by atoms with E-state index in [0.717, 1.165) is 22.3 Å². The maximum Gasteiger partial charge on any atom is 0.170 e. The lowest BCUT2D eigenvalue weighted by Crippen LogP contribution is -2.55. The molecule has 1 aliphatic rings. The smallest absolute Gasteiger partial charge is 0.170 e. The first-order chi connectivity index (χ1) is 9.09. The molecule has 2 N–H and O–H groups in total. The highest BCUT2D eigenvalue weighted by Gasteiger charge is 2.45. The molecule has 1 heterocycles. The molecular formula is C13H23N3OS2. The van der Waals surface area contributed by atoms with Gasteiger partial charge in [-0.25, -0.2) is 4.98 Å². The van der Waals surface area contributed by atoms with E-state index in [1.807, 2.05) is 0 Å². The fourth-order valence-corrected chi connectivity index (χ4v) is 4.30. The number of rotatable bonds is 8. The Labute approximate surface area is 123 Å². The van der Waals surface area contributed by atoms with Gasteiger partial charge in [0.25, 0.3) is 0 Å². The highest BCUT2D eigenvalue weighted by Crippen LogP contribution is 2.42. The molecule has 4 nitrogen and oxygen atoms in total. The van der Waals surface area contributed by atoms with Crippen LogP contribution in [0.4, 0.5) is 0 Å². The van der Waals surface area contributed by atoms with Crippen LogP contribution >= 0.6 is 23.3 Å². The van der Waals surface area contributed by atoms with E-state index < -0.39 is 0 Å². The first-order valence-corrected chi connectivity index (χ1v) is 8.69. The molecule has 1 unspecified atom stereocenters. The molecule has 1 aliphatic carbocycles. The van der Waals surface area contributed by atoms with Crippen molar-refractivity contribution in [2.24, 2.45) is 5.92 Å². The van der Waals surface area contributed by atoms with Gasteiger partial charge in [-0.2, -0.15) is 4.37 Å². The lowest BCUT2D eigenvalue weighted by molar-refractivity contribution is 0.150. The Hall–Kier alpha value is -0.170. The van der Waals surface area contributed by atoms with Gasteiger partial charge < -0.3 is 10.4 Å². The molecule has 0 bridgehead atoms. The molecule has 0 saturated heterocycles. The summed E-state index contributed by atoms with van der Waals surface area (Å²) < 4.78 is 5.32. The molecule has 1 saturated carbocycles. The summed E-state index contributed by atoms with van der Waals surface area (Å²) in [6, 6.07) is 0.383. The Morgan fingerprint density at radius 3 is 2.74 bits per heavy atom. The number of nitrogens with one attached hydrogen (secondary N) is 1. The number of hydrogen-bond donors (Lipinski definition) is 2. The molecule has 108 valence electrons. The van der Waals surface area contributed by atoms with Crippen LogP contribution in [0.25, 0.3) is 0 Å². The molecule has 0 aromatic carbocycles. The first-order valence-electron chi connectivity index (χ1n) is 6.93. The van der Waals surface area contributed by atoms with Crippen LogP contribution in [-0.4, -0.2) is 38.4 Å². The molecule has 1 aromatic rings. The van der Waals surface area contributed by atoms with Crippen molar-refractivity contribution < 1.29 is 5.11 Å². The topological polar surface area (TPSA) is 58.0 Å². The number of aryl methyl sites for hydroxylation is 1. The predicted octanol–water partition coefficient (Wildman–Crippen LogP) is 2.33. The molecule has 1 atom stereocenters. The molecule has 1 aromatic heterocycles. The average molecular weight is 301 g/mol. The van der Waals surface area contributed by atoms with Crippen molar-refractivity contribution in [2.75, 3.05) is 12.4 Å². The van der Waals surface area contributed by atoms with Crippen molar-refractivity contribution in [3.63, 3.8) is 0 Å². The van der Waals surface area contributed by atoms with Gasteiger partial charge in [-0.3, -0.25) is 0 Å². The Bertz CT molecular complexity index is 406. The van der Waals surface area contributed by atoms with Crippen molar-refractivity contribution in [3.05, 3.63) is 5.82 Å². The molecule has 0 spiro atoms. The molecule has 0 aliphatic heterocycles. The molecule has 6 heteroatoms. The predicted molar refractivity (Wildman–Crippen MR) is 80.8 cm³/mol. The summed E-state index contributed by atoms with van der Waals surface area (Å²) in [5, 5.41) is 13.4. The standard InChI is InChI=1S/C13H23N3OS2/c1-4-11-14-12(19-16-11)18-8-13(7-17,10-5-6-10)15-9(2)3/h9-10,15,17H,4-8H2,1-3H3. The third kappa shape index (κ3) is 3.90. The summed E-state index contributed by atoms with van der Waals surface area (Å²) >= 11 is 3.19. The van der Waals surface area contributed by atoms with E-state index in [-0.39, 0.29) is 12.1 Å². The Morgan fingerprint density at radius 2 is 2.26 bits per heavy atom. The number of nitrogens with zero attached hydrogens (tertiary/aromatic N) is 2. The highest BCUT2D eigenvalue weighted by molar-refractivity contribution is 8.01. The molecule has 0 amide bonds. The minimum Gasteiger partial charge on any atom is -0.394 e. The second-order valence-electron chi connectivity index (χ2n) is 5.51. The molecule has 19 heavy (non-hydrogen) atoms. The zero-order valence-corrected chi connectivity index (χ0v) is 13.5. The van der Waals surface area contributed by atoms with Crippen LogP contribution < -0.4 is 5.32 Å². The second-order valence-corrected chi connectivity index (χ2v) is 7.48. The number of thioether (sulfide) groups is 1. The van der Waals surface area contributed by atoms with E-state index in [4.69, 9.17) is 0 Å². The van der Waals surface area contributed by atoms with E-state index in [1.165, 1.54) is 24.4 Å². The van der Waals surface area contributed by atoms with Gasteiger partial charge in [0.05, 0.1) is 12.1 Å². The zero-order valence-electron chi connectivity index (χ0n) is 11.8. The minimum atomic E-state index is -0.156. The maximum absolute atomic E-state index is 9.86. The van der Waals surface area contributed by atoms with Gasteiger partial charge in [-0.1, -0.05) is 32.5 Å². The van der Waals surface area contributed by atoms with Crippen LogP contribution in [-0.2, 0) is 6.42 Å². The highest BCUT2D eigenvalue weighted by atomic mass is 32.2. The van der Waals surface area contributed by atoms with Gasteiger partial charge in [0.1, 0.15) is 5.82 Å². The summed E-state index contributed by atoms with van der Waals surface area (Å²) in [4.78, 5) is 4.49. The van der Waals surface area contributed by atoms with Crippen molar-refractivity contribution in [1.29, 1.82) is 0 Å². The first kappa shape index (κ1) is 15.2. The zero-order chi connectivity index (χ0) is 13.9. The Morgan fingerprint density at radius 1 is 1.53 bits per heavy atom. The van der Waals surface area contributed by atoms with E-state index in [1.54, 1.807) is 11.8 Å². The molecule has 1 fully saturated rings. The average Bonchev–Trinajstić information content (AvgIpc) is 3.14. The van der Waals surface area contributed by atoms with Gasteiger partial charge in [0, 0.05) is 18.2 Å². The second kappa shape index (κ2) is 6.52. The molecule has 0 radical (unpaired) electrons. The van der Waals surface area contributed by atoms with Gasteiger partial charge in [-0.15, -0.1) is 0 Å². The third-order valence-corrected chi connectivity index (χ3v) is 5.56. The third-order valence-electron chi connectivity index (χ3n) is 3.44. The summed E-state index contributed by atoms with van der Waals surface area (Å²) in [6.45, 7) is 6.54. The summed E-state index contributed by atoms with van der Waals surface area (Å²) in [7, 11) is 0. The van der Waals surface area contributed by atoms with Crippen LogP contribution in [0.15, 0.2) is 4.34 Å². The fourth-order valence-electron chi connectivity index (χ4n) is 2.34. The largest absolute Gasteiger partial charge is 0.394 e. The number of aliphatic hydroxyl groups is 1. The van der Waals surface area contributed by atoms with Gasteiger partial charge in [-0.05, 0) is 30.3 Å². The normalized spacial score (nSPS) is 18.8. The van der Waals surface area contributed by atoms with E-state index >= 15 is 0 Å². The quantitative estimate of drug-likeness (QED) is 0.722. The fraction of sp³-hybridized carbons (Fsp3) is 0.846. The van der Waals surface area contributed by atoms with E-state index in [9.17, 15) is 5.11 Å². The van der Waals surface area contributed by atoms with Gasteiger partial charge >= 0.3 is 0 Å². The minimum absolute atomic E-state index is 0.156. The van der Waals surface area contributed by atoms with Crippen LogP contribution in [0.2, 0.25) is 0 Å². The number of hydrogen-bond acceptors (Lipinski definition) is 6. The number of aromatic nitrogens is 2. The summed E-state index contributed by atoms with van der Waals surface area (Å²) in [6.07, 6.45) is 3.32. The summed E-state index contributed by atoms with van der Waals surface area (Å²) in [5.41, 5.74) is -0.156. The Balaban J connectivity index is 1.99. The molecular weight excluding hydrogens is 278 g/mol. The lowest BCUT2D eigenvalue weighted by atomic mass is 9.95. The van der Waals surface area contributed by atoms with Gasteiger partial charge in [0.15, 0.2) is 4.34 Å². The monoisotopic (exact) mass is 301 g/mol. The summed E-state index contributed by atoms with van der Waals surface area (Å²) in [5.74, 6) is 2.39. The van der Waals surface area contributed by atoms with Crippen LogP contribution in [0.5, 0.6) is 0 Å².